The Hall–Kier alpha value is -1.71. The molecule has 1 amide bonds. The van der Waals surface area contributed by atoms with Crippen LogP contribution in [0.5, 0.6) is 0 Å². The Morgan fingerprint density at radius 3 is 2.00 bits per heavy atom. The van der Waals surface area contributed by atoms with Gasteiger partial charge in [0.2, 0.25) is 6.41 Å². The Morgan fingerprint density at radius 2 is 1.64 bits per heavy atom. The van der Waals surface area contributed by atoms with Crippen LogP contribution in [0, 0.1) is 0 Å². The zero-order valence-electron chi connectivity index (χ0n) is 10.6. The molecule has 0 radical (unpaired) electrons. The second kappa shape index (κ2) is 5.82. The SMILES string of the molecule is O=CN(c1cc(C(F)(F)F)cc(C(F)(F)F)c1)C1N=CCS1. The van der Waals surface area contributed by atoms with E-state index in [9.17, 15) is 31.1 Å². The molecule has 0 N–H and O–H groups in total. The lowest BCUT2D eigenvalue weighted by Crippen LogP contribution is -2.29. The van der Waals surface area contributed by atoms with E-state index in [2.05, 4.69) is 4.99 Å². The standard InChI is InChI=1S/C12H8F6N2OS/c13-11(14,15)7-3-8(12(16,17)18)5-9(4-7)20(6-21)10-19-1-2-22-10/h1,3-6,10H,2H2. The number of carbonyl (C=O) groups is 1. The molecule has 0 bridgehead atoms. The van der Waals surface area contributed by atoms with Gasteiger partial charge in [0, 0.05) is 17.7 Å². The summed E-state index contributed by atoms with van der Waals surface area (Å²) in [6.07, 6.45) is -8.33. The van der Waals surface area contributed by atoms with Crippen molar-refractivity contribution < 1.29 is 31.1 Å². The van der Waals surface area contributed by atoms with Gasteiger partial charge in [-0.15, -0.1) is 11.8 Å². The molecule has 0 aliphatic carbocycles. The number of rotatable bonds is 3. The smallest absolute Gasteiger partial charge is 0.283 e. The molecule has 1 unspecified atom stereocenters. The van der Waals surface area contributed by atoms with Crippen LogP contribution in [0.15, 0.2) is 23.2 Å². The van der Waals surface area contributed by atoms with Gasteiger partial charge >= 0.3 is 12.4 Å². The van der Waals surface area contributed by atoms with Gasteiger partial charge in [0.05, 0.1) is 11.1 Å². The molecule has 1 aliphatic rings. The van der Waals surface area contributed by atoms with Gasteiger partial charge in [-0.05, 0) is 18.2 Å². The maximum atomic E-state index is 12.8. The van der Waals surface area contributed by atoms with E-state index < -0.39 is 34.7 Å². The van der Waals surface area contributed by atoms with Gasteiger partial charge in [0.1, 0.15) is 0 Å². The number of thioether (sulfide) groups is 1. The van der Waals surface area contributed by atoms with Crippen molar-refractivity contribution in [3.63, 3.8) is 0 Å². The molecule has 3 nitrogen and oxygen atoms in total. The van der Waals surface area contributed by atoms with E-state index in [-0.39, 0.29) is 12.5 Å². The van der Waals surface area contributed by atoms with Gasteiger partial charge in [-0.3, -0.25) is 14.7 Å². The summed E-state index contributed by atoms with van der Waals surface area (Å²) < 4.78 is 76.6. The maximum absolute atomic E-state index is 12.8. The molecule has 10 heteroatoms. The Kier molecular flexibility index (Phi) is 4.41. The number of nitrogens with zero attached hydrogens (tertiary/aromatic N) is 2. The lowest BCUT2D eigenvalue weighted by molar-refractivity contribution is -0.143. The molecular weight excluding hydrogens is 334 g/mol. The molecule has 0 saturated heterocycles. The minimum absolute atomic E-state index is 0.0115. The number of amides is 1. The highest BCUT2D eigenvalue weighted by Crippen LogP contribution is 2.39. The minimum Gasteiger partial charge on any atom is -0.283 e. The monoisotopic (exact) mass is 342 g/mol. The van der Waals surface area contributed by atoms with Crippen molar-refractivity contribution >= 4 is 30.1 Å². The van der Waals surface area contributed by atoms with Gasteiger partial charge in [-0.1, -0.05) is 0 Å². The van der Waals surface area contributed by atoms with Crippen molar-refractivity contribution in [3.8, 4) is 0 Å². The number of halogens is 6. The van der Waals surface area contributed by atoms with E-state index in [0.717, 1.165) is 16.7 Å². The molecule has 1 aromatic rings. The second-order valence-electron chi connectivity index (χ2n) is 4.27. The Balaban J connectivity index is 2.54. The molecule has 1 atom stereocenters. The average molecular weight is 342 g/mol. The van der Waals surface area contributed by atoms with Crippen molar-refractivity contribution in [3.05, 3.63) is 29.3 Å². The van der Waals surface area contributed by atoms with E-state index in [0.29, 0.717) is 17.9 Å². The fourth-order valence-electron chi connectivity index (χ4n) is 1.79. The van der Waals surface area contributed by atoms with Crippen LogP contribution in [-0.4, -0.2) is 23.9 Å². The summed E-state index contributed by atoms with van der Waals surface area (Å²) in [7, 11) is 0. The van der Waals surface area contributed by atoms with Crippen LogP contribution in [0.2, 0.25) is 0 Å². The van der Waals surface area contributed by atoms with Gasteiger partial charge < -0.3 is 0 Å². The van der Waals surface area contributed by atoms with E-state index in [4.69, 9.17) is 0 Å². The molecule has 0 aromatic heterocycles. The zero-order chi connectivity index (χ0) is 16.5. The number of anilines is 1. The van der Waals surface area contributed by atoms with E-state index in [1.165, 1.54) is 6.21 Å². The second-order valence-corrected chi connectivity index (χ2v) is 5.36. The van der Waals surface area contributed by atoms with E-state index in [1.54, 1.807) is 0 Å². The lowest BCUT2D eigenvalue weighted by atomic mass is 10.1. The zero-order valence-corrected chi connectivity index (χ0v) is 11.5. The lowest BCUT2D eigenvalue weighted by Gasteiger charge is -2.24. The fraction of sp³-hybridized carbons (Fsp3) is 0.333. The number of aliphatic imine (C=N–C) groups is 1. The van der Waals surface area contributed by atoms with Gasteiger partial charge in [-0.25, -0.2) is 0 Å². The third-order valence-electron chi connectivity index (χ3n) is 2.77. The third kappa shape index (κ3) is 3.54. The topological polar surface area (TPSA) is 32.7 Å². The summed E-state index contributed by atoms with van der Waals surface area (Å²) >= 11 is 1.11. The van der Waals surface area contributed by atoms with Crippen LogP contribution in [0.4, 0.5) is 32.0 Å². The van der Waals surface area contributed by atoms with Gasteiger partial charge in [0.15, 0.2) is 5.50 Å². The normalized spacial score (nSPS) is 18.5. The van der Waals surface area contributed by atoms with Crippen LogP contribution in [0.1, 0.15) is 11.1 Å². The molecule has 1 aliphatic heterocycles. The van der Waals surface area contributed by atoms with Gasteiger partial charge in [0.25, 0.3) is 0 Å². The van der Waals surface area contributed by atoms with Crippen molar-refractivity contribution in [2.75, 3.05) is 10.7 Å². The van der Waals surface area contributed by atoms with Crippen molar-refractivity contribution in [2.45, 2.75) is 17.9 Å². The largest absolute Gasteiger partial charge is 0.416 e. The van der Waals surface area contributed by atoms with Crippen LogP contribution < -0.4 is 4.90 Å². The minimum atomic E-state index is -4.96. The Bertz CT molecular complexity index is 566. The summed E-state index contributed by atoms with van der Waals surface area (Å²) in [5.74, 6) is 0.417. The summed E-state index contributed by atoms with van der Waals surface area (Å²) in [5.41, 5.74) is -4.33. The highest BCUT2D eigenvalue weighted by Gasteiger charge is 2.38. The molecule has 1 heterocycles. The van der Waals surface area contributed by atoms with Crippen molar-refractivity contribution in [2.24, 2.45) is 4.99 Å². The average Bonchev–Trinajstić information content (AvgIpc) is 2.91. The van der Waals surface area contributed by atoms with Crippen LogP contribution in [0.25, 0.3) is 0 Å². The number of hydrogen-bond acceptors (Lipinski definition) is 3. The summed E-state index contributed by atoms with van der Waals surface area (Å²) in [4.78, 5) is 15.7. The number of carbonyl (C=O) groups excluding carboxylic acids is 1. The Labute approximate surface area is 125 Å². The first-order chi connectivity index (χ1) is 10.1. The van der Waals surface area contributed by atoms with Gasteiger partial charge in [-0.2, -0.15) is 26.3 Å². The molecule has 22 heavy (non-hydrogen) atoms. The molecule has 2 rings (SSSR count). The van der Waals surface area contributed by atoms with Crippen LogP contribution in [-0.2, 0) is 17.1 Å². The fourth-order valence-corrected chi connectivity index (χ4v) is 2.63. The molecule has 0 spiro atoms. The highest BCUT2D eigenvalue weighted by atomic mass is 32.2. The Morgan fingerprint density at radius 1 is 1.09 bits per heavy atom. The predicted molar refractivity (Wildman–Crippen MR) is 69.7 cm³/mol. The number of hydrogen-bond donors (Lipinski definition) is 0. The summed E-state index contributed by atoms with van der Waals surface area (Å²) in [6.45, 7) is 0. The van der Waals surface area contributed by atoms with Crippen LogP contribution >= 0.6 is 11.8 Å². The van der Waals surface area contributed by atoms with Crippen LogP contribution in [0.3, 0.4) is 0 Å². The van der Waals surface area contributed by atoms with E-state index in [1.807, 2.05) is 0 Å². The first-order valence-corrected chi connectivity index (χ1v) is 6.84. The summed E-state index contributed by atoms with van der Waals surface area (Å²) in [6, 6.07) is 1.01. The quantitative estimate of drug-likeness (QED) is 0.618. The van der Waals surface area contributed by atoms with E-state index >= 15 is 0 Å². The number of alkyl halides is 6. The molecule has 1 aromatic carbocycles. The highest BCUT2D eigenvalue weighted by molar-refractivity contribution is 8.00. The molecule has 0 fully saturated rings. The first kappa shape index (κ1) is 16.7. The van der Waals surface area contributed by atoms with Crippen molar-refractivity contribution in [1.29, 1.82) is 0 Å². The maximum Gasteiger partial charge on any atom is 0.416 e. The molecule has 0 saturated carbocycles. The first-order valence-electron chi connectivity index (χ1n) is 5.79. The van der Waals surface area contributed by atoms with Crippen molar-refractivity contribution in [1.82, 2.24) is 0 Å². The number of benzene rings is 1. The molecular formula is C12H8F6N2OS. The third-order valence-corrected chi connectivity index (χ3v) is 3.76. The summed E-state index contributed by atoms with van der Waals surface area (Å²) in [5, 5.41) is 0. The molecule has 120 valence electrons. The predicted octanol–water partition coefficient (Wildman–Crippen LogP) is 3.79.